The molecule has 2 aliphatic rings. The summed E-state index contributed by atoms with van der Waals surface area (Å²) in [6.45, 7) is 2.40. The summed E-state index contributed by atoms with van der Waals surface area (Å²) in [7, 11) is 1.54. The van der Waals surface area contributed by atoms with Crippen molar-refractivity contribution in [1.82, 2.24) is 4.90 Å². The normalized spacial score (nSPS) is 18.4. The van der Waals surface area contributed by atoms with E-state index in [1.807, 2.05) is 31.2 Å². The molecule has 8 nitrogen and oxygen atoms in total. The average molecular weight is 561 g/mol. The SMILES string of the molecule is COc1cc(/C=C2\SC(=S)N(C3CC(=O)N(c4ccc(O)cc4)C3=O)C2=O)ccc1OCc1ccc(C)cc1. The van der Waals surface area contributed by atoms with Crippen LogP contribution < -0.4 is 14.4 Å². The van der Waals surface area contributed by atoms with E-state index in [0.29, 0.717) is 34.3 Å². The van der Waals surface area contributed by atoms with Crippen molar-refractivity contribution in [2.45, 2.75) is 26.0 Å². The molecular formula is C29H24N2O6S2. The van der Waals surface area contributed by atoms with Crippen LogP contribution in [0.5, 0.6) is 17.2 Å². The lowest BCUT2D eigenvalue weighted by Crippen LogP contribution is -2.44. The number of anilines is 1. The first-order valence-corrected chi connectivity index (χ1v) is 13.3. The van der Waals surface area contributed by atoms with E-state index in [1.54, 1.807) is 31.4 Å². The third-order valence-corrected chi connectivity index (χ3v) is 7.70. The van der Waals surface area contributed by atoms with Crippen LogP contribution in [0.2, 0.25) is 0 Å². The third-order valence-electron chi connectivity index (χ3n) is 6.37. The molecule has 2 saturated heterocycles. The molecule has 39 heavy (non-hydrogen) atoms. The summed E-state index contributed by atoms with van der Waals surface area (Å²) in [5.41, 5.74) is 3.21. The third kappa shape index (κ3) is 5.39. The van der Waals surface area contributed by atoms with E-state index in [0.717, 1.165) is 22.2 Å². The van der Waals surface area contributed by atoms with Crippen LogP contribution in [0.4, 0.5) is 5.69 Å². The fourth-order valence-corrected chi connectivity index (χ4v) is 5.69. The quantitative estimate of drug-likeness (QED) is 0.250. The summed E-state index contributed by atoms with van der Waals surface area (Å²) in [5.74, 6) is -0.347. The monoisotopic (exact) mass is 560 g/mol. The first kappa shape index (κ1) is 26.5. The number of carbonyl (C=O) groups is 3. The zero-order valence-electron chi connectivity index (χ0n) is 21.1. The van der Waals surface area contributed by atoms with Gasteiger partial charge in [-0.3, -0.25) is 19.3 Å². The molecule has 0 radical (unpaired) electrons. The van der Waals surface area contributed by atoms with Crippen LogP contribution in [-0.2, 0) is 21.0 Å². The van der Waals surface area contributed by atoms with Gasteiger partial charge in [0, 0.05) is 0 Å². The van der Waals surface area contributed by atoms with Crippen molar-refractivity contribution >= 4 is 57.8 Å². The number of carbonyl (C=O) groups excluding carboxylic acids is 3. The van der Waals surface area contributed by atoms with Crippen LogP contribution in [0.15, 0.2) is 71.6 Å². The van der Waals surface area contributed by atoms with Gasteiger partial charge in [0.15, 0.2) is 11.5 Å². The van der Waals surface area contributed by atoms with E-state index in [9.17, 15) is 19.5 Å². The zero-order chi connectivity index (χ0) is 27.7. The van der Waals surface area contributed by atoms with Gasteiger partial charge in [0.1, 0.15) is 22.7 Å². The number of rotatable bonds is 7. The van der Waals surface area contributed by atoms with Gasteiger partial charge in [-0.1, -0.05) is 59.9 Å². The largest absolute Gasteiger partial charge is 0.508 e. The van der Waals surface area contributed by atoms with Gasteiger partial charge in [0.25, 0.3) is 11.8 Å². The maximum atomic E-state index is 13.3. The second-order valence-electron chi connectivity index (χ2n) is 9.04. The molecule has 1 N–H and O–H groups in total. The molecule has 0 aromatic heterocycles. The van der Waals surface area contributed by atoms with E-state index >= 15 is 0 Å². The minimum atomic E-state index is -1.03. The maximum absolute atomic E-state index is 13.3. The highest BCUT2D eigenvalue weighted by Gasteiger charge is 2.48. The van der Waals surface area contributed by atoms with E-state index in [1.165, 1.54) is 34.7 Å². The Bertz CT molecular complexity index is 1500. The Hall–Kier alpha value is -4.15. The van der Waals surface area contributed by atoms with Crippen molar-refractivity contribution in [3.8, 4) is 17.2 Å². The number of benzene rings is 3. The van der Waals surface area contributed by atoms with E-state index < -0.39 is 23.8 Å². The molecule has 2 heterocycles. The van der Waals surface area contributed by atoms with Crippen LogP contribution in [0.25, 0.3) is 6.08 Å². The molecule has 1 unspecified atom stereocenters. The van der Waals surface area contributed by atoms with Gasteiger partial charge in [0.05, 0.1) is 24.1 Å². The number of hydrogen-bond donors (Lipinski definition) is 1. The van der Waals surface area contributed by atoms with E-state index in [-0.39, 0.29) is 16.5 Å². The van der Waals surface area contributed by atoms with Gasteiger partial charge in [-0.05, 0) is 60.5 Å². The predicted molar refractivity (Wildman–Crippen MR) is 153 cm³/mol. The van der Waals surface area contributed by atoms with Gasteiger partial charge < -0.3 is 14.6 Å². The number of phenolic OH excluding ortho intramolecular Hbond substituents is 1. The Balaban J connectivity index is 1.32. The lowest BCUT2D eigenvalue weighted by atomic mass is 10.1. The van der Waals surface area contributed by atoms with Crippen LogP contribution in [-0.4, -0.2) is 45.2 Å². The number of thioether (sulfide) groups is 1. The molecule has 3 amide bonds. The van der Waals surface area contributed by atoms with Crippen molar-refractivity contribution < 1.29 is 29.0 Å². The van der Waals surface area contributed by atoms with Crippen LogP contribution in [0.1, 0.15) is 23.1 Å². The van der Waals surface area contributed by atoms with E-state index in [2.05, 4.69) is 0 Å². The molecule has 0 saturated carbocycles. The molecule has 3 aromatic carbocycles. The Morgan fingerprint density at radius 1 is 1.03 bits per heavy atom. The molecule has 10 heteroatoms. The second-order valence-corrected chi connectivity index (χ2v) is 10.7. The lowest BCUT2D eigenvalue weighted by molar-refractivity contribution is -0.129. The average Bonchev–Trinajstić information content (AvgIpc) is 3.37. The van der Waals surface area contributed by atoms with E-state index in [4.69, 9.17) is 21.7 Å². The number of aryl methyl sites for hydroxylation is 1. The number of ether oxygens (including phenoxy) is 2. The summed E-state index contributed by atoms with van der Waals surface area (Å²) in [6, 6.07) is 18.1. The Labute approximate surface area is 234 Å². The minimum absolute atomic E-state index is 0.0129. The highest BCUT2D eigenvalue weighted by Crippen LogP contribution is 2.38. The summed E-state index contributed by atoms with van der Waals surface area (Å²) in [5, 5.41) is 9.52. The Kier molecular flexibility index (Phi) is 7.40. The van der Waals surface area contributed by atoms with Crippen LogP contribution in [0, 0.1) is 6.92 Å². The molecule has 3 aromatic rings. The summed E-state index contributed by atoms with van der Waals surface area (Å²) < 4.78 is 11.7. The number of aromatic hydroxyl groups is 1. The summed E-state index contributed by atoms with van der Waals surface area (Å²) in [6.07, 6.45) is 1.49. The van der Waals surface area contributed by atoms with Gasteiger partial charge in [-0.2, -0.15) is 0 Å². The molecule has 198 valence electrons. The topological polar surface area (TPSA) is 96.4 Å². The lowest BCUT2D eigenvalue weighted by Gasteiger charge is -2.21. The van der Waals surface area contributed by atoms with Crippen molar-refractivity contribution in [2.24, 2.45) is 0 Å². The van der Waals surface area contributed by atoms with Crippen molar-refractivity contribution in [3.63, 3.8) is 0 Å². The second kappa shape index (κ2) is 10.9. The standard InChI is InChI=1S/C29H24N2O6S2/c1-17-3-5-18(6-4-17)16-37-23-12-7-19(13-24(23)36-2)14-25-28(35)31(29(38)39-25)22-15-26(33)30(27(22)34)20-8-10-21(32)11-9-20/h3-14,22,32H,15-16H2,1-2H3/b25-14-. The number of hydrogen-bond acceptors (Lipinski definition) is 8. The number of methoxy groups -OCH3 is 1. The highest BCUT2D eigenvalue weighted by molar-refractivity contribution is 8.26. The number of thiocarbonyl (C=S) groups is 1. The molecular weight excluding hydrogens is 536 g/mol. The molecule has 5 rings (SSSR count). The van der Waals surface area contributed by atoms with Gasteiger partial charge in [-0.25, -0.2) is 4.90 Å². The highest BCUT2D eigenvalue weighted by atomic mass is 32.2. The van der Waals surface area contributed by atoms with Crippen molar-refractivity contribution in [1.29, 1.82) is 0 Å². The van der Waals surface area contributed by atoms with Gasteiger partial charge in [-0.15, -0.1) is 0 Å². The first-order valence-electron chi connectivity index (χ1n) is 12.0. The molecule has 1 atom stereocenters. The fraction of sp³-hybridized carbons (Fsp3) is 0.172. The minimum Gasteiger partial charge on any atom is -0.508 e. The Morgan fingerprint density at radius 3 is 2.44 bits per heavy atom. The zero-order valence-corrected chi connectivity index (χ0v) is 22.8. The maximum Gasteiger partial charge on any atom is 0.266 e. The first-order chi connectivity index (χ1) is 18.7. The number of nitrogens with zero attached hydrogens (tertiary/aromatic N) is 2. The van der Waals surface area contributed by atoms with Gasteiger partial charge >= 0.3 is 0 Å². The number of imide groups is 1. The van der Waals surface area contributed by atoms with Crippen molar-refractivity contribution in [3.05, 3.63) is 88.3 Å². The molecule has 2 fully saturated rings. The molecule has 0 aliphatic carbocycles. The van der Waals surface area contributed by atoms with Crippen LogP contribution in [0.3, 0.4) is 0 Å². The smallest absolute Gasteiger partial charge is 0.266 e. The summed E-state index contributed by atoms with van der Waals surface area (Å²) >= 11 is 6.51. The van der Waals surface area contributed by atoms with Crippen LogP contribution >= 0.6 is 24.0 Å². The molecule has 0 bridgehead atoms. The Morgan fingerprint density at radius 2 is 1.74 bits per heavy atom. The predicted octanol–water partition coefficient (Wildman–Crippen LogP) is 4.82. The fourth-order valence-electron chi connectivity index (χ4n) is 4.33. The summed E-state index contributed by atoms with van der Waals surface area (Å²) in [4.78, 5) is 41.8. The molecule has 0 spiro atoms. The van der Waals surface area contributed by atoms with Gasteiger partial charge in [0.2, 0.25) is 5.91 Å². The van der Waals surface area contributed by atoms with Crippen molar-refractivity contribution in [2.75, 3.05) is 12.0 Å². The molecule has 2 aliphatic heterocycles. The number of phenols is 1. The number of amides is 3.